The first-order valence-electron chi connectivity index (χ1n) is 6.50. The van der Waals surface area contributed by atoms with Gasteiger partial charge in [0, 0.05) is 38.6 Å². The van der Waals surface area contributed by atoms with Crippen LogP contribution >= 0.6 is 0 Å². The summed E-state index contributed by atoms with van der Waals surface area (Å²) in [5, 5.41) is 15.2. The predicted octanol–water partition coefficient (Wildman–Crippen LogP) is 0.641. The molecular formula is C14H17N5O. The monoisotopic (exact) mass is 271 g/mol. The zero-order valence-corrected chi connectivity index (χ0v) is 11.4. The van der Waals surface area contributed by atoms with Crippen molar-refractivity contribution >= 4 is 11.7 Å². The molecule has 0 bridgehead atoms. The summed E-state index contributed by atoms with van der Waals surface area (Å²) in [6, 6.07) is 5.65. The Bertz CT molecular complexity index is 538. The highest BCUT2D eigenvalue weighted by molar-refractivity contribution is 5.97. The molecule has 1 aliphatic rings. The normalized spacial score (nSPS) is 15.6. The van der Waals surface area contributed by atoms with Crippen LogP contribution in [0.2, 0.25) is 0 Å². The van der Waals surface area contributed by atoms with E-state index in [1.54, 1.807) is 17.2 Å². The van der Waals surface area contributed by atoms with E-state index in [9.17, 15) is 4.79 Å². The van der Waals surface area contributed by atoms with Gasteiger partial charge in [-0.3, -0.25) is 4.79 Å². The van der Waals surface area contributed by atoms with Crippen LogP contribution in [0.4, 0.5) is 5.82 Å². The van der Waals surface area contributed by atoms with Gasteiger partial charge in [0.1, 0.15) is 17.5 Å². The number of nitrogens with zero attached hydrogens (tertiary/aromatic N) is 3. The number of anilines is 1. The molecule has 0 radical (unpaired) electrons. The number of hydrogen-bond acceptors (Lipinski definition) is 5. The molecule has 104 valence electrons. The molecule has 2 heterocycles. The smallest absolute Gasteiger partial charge is 0.266 e. The summed E-state index contributed by atoms with van der Waals surface area (Å²) in [6.45, 7) is 4.72. The molecule has 20 heavy (non-hydrogen) atoms. The quantitative estimate of drug-likeness (QED) is 0.623. The number of rotatable bonds is 3. The fourth-order valence-electron chi connectivity index (χ4n) is 1.88. The number of aromatic nitrogens is 1. The molecule has 1 aromatic heterocycles. The van der Waals surface area contributed by atoms with Crippen molar-refractivity contribution < 1.29 is 4.79 Å². The van der Waals surface area contributed by atoms with E-state index in [1.807, 2.05) is 19.1 Å². The van der Waals surface area contributed by atoms with Crippen LogP contribution in [0.5, 0.6) is 0 Å². The standard InChI is InChI=1S/C14H17N5O/c1-11-2-3-13(17-9-11)18-10-12(8-15)14(20)19-6-4-16-5-7-19/h2-3,9-10,16H,4-7H2,1H3,(H,17,18)/b12-10-. The number of carbonyl (C=O) groups is 1. The van der Waals surface area contributed by atoms with Crippen LogP contribution in [0, 0.1) is 18.3 Å². The van der Waals surface area contributed by atoms with Crippen molar-refractivity contribution in [3.63, 3.8) is 0 Å². The molecule has 2 N–H and O–H groups in total. The van der Waals surface area contributed by atoms with Crippen LogP contribution in [0.15, 0.2) is 30.1 Å². The fraction of sp³-hybridized carbons (Fsp3) is 0.357. The summed E-state index contributed by atoms with van der Waals surface area (Å²) >= 11 is 0. The van der Waals surface area contributed by atoms with Crippen molar-refractivity contribution in [2.45, 2.75) is 6.92 Å². The van der Waals surface area contributed by atoms with Crippen molar-refractivity contribution in [1.29, 1.82) is 5.26 Å². The first-order valence-corrected chi connectivity index (χ1v) is 6.50. The number of aryl methyl sites for hydroxylation is 1. The summed E-state index contributed by atoms with van der Waals surface area (Å²) in [6.07, 6.45) is 3.14. The maximum atomic E-state index is 12.2. The van der Waals surface area contributed by atoms with Gasteiger partial charge in [0.05, 0.1) is 0 Å². The molecule has 2 rings (SSSR count). The number of pyridine rings is 1. The summed E-state index contributed by atoms with van der Waals surface area (Å²) in [7, 11) is 0. The van der Waals surface area contributed by atoms with Crippen LogP contribution in [-0.4, -0.2) is 42.0 Å². The lowest BCUT2D eigenvalue weighted by molar-refractivity contribution is -0.127. The Morgan fingerprint density at radius 1 is 1.50 bits per heavy atom. The number of carbonyl (C=O) groups excluding carboxylic acids is 1. The summed E-state index contributed by atoms with van der Waals surface area (Å²) in [5.74, 6) is 0.366. The Balaban J connectivity index is 2.03. The van der Waals surface area contributed by atoms with Crippen molar-refractivity contribution in [2.75, 3.05) is 31.5 Å². The summed E-state index contributed by atoms with van der Waals surface area (Å²) in [4.78, 5) is 18.0. The van der Waals surface area contributed by atoms with Crippen molar-refractivity contribution in [3.05, 3.63) is 35.7 Å². The van der Waals surface area contributed by atoms with E-state index in [0.717, 1.165) is 18.7 Å². The molecule has 0 unspecified atom stereocenters. The second-order valence-corrected chi connectivity index (χ2v) is 4.58. The van der Waals surface area contributed by atoms with Gasteiger partial charge in [-0.2, -0.15) is 5.26 Å². The van der Waals surface area contributed by atoms with Crippen LogP contribution in [0.1, 0.15) is 5.56 Å². The third-order valence-corrected chi connectivity index (χ3v) is 3.03. The Morgan fingerprint density at radius 3 is 2.85 bits per heavy atom. The largest absolute Gasteiger partial charge is 0.345 e. The molecule has 1 amide bonds. The molecule has 1 saturated heterocycles. The maximum Gasteiger partial charge on any atom is 0.266 e. The van der Waals surface area contributed by atoms with Gasteiger partial charge in [0.25, 0.3) is 5.91 Å². The third-order valence-electron chi connectivity index (χ3n) is 3.03. The number of piperazine rings is 1. The topological polar surface area (TPSA) is 81.0 Å². The van der Waals surface area contributed by atoms with Gasteiger partial charge in [0.15, 0.2) is 0 Å². The molecule has 0 atom stereocenters. The average molecular weight is 271 g/mol. The minimum absolute atomic E-state index is 0.0919. The van der Waals surface area contributed by atoms with Crippen molar-refractivity contribution in [3.8, 4) is 6.07 Å². The first-order chi connectivity index (χ1) is 9.70. The number of nitrogens with one attached hydrogen (secondary N) is 2. The van der Waals surface area contributed by atoms with E-state index < -0.39 is 0 Å². The Labute approximate surface area is 118 Å². The van der Waals surface area contributed by atoms with Crippen molar-refractivity contribution in [1.82, 2.24) is 15.2 Å². The van der Waals surface area contributed by atoms with Gasteiger partial charge in [-0.25, -0.2) is 4.98 Å². The SMILES string of the molecule is Cc1ccc(N/C=C(/C#N)C(=O)N2CCNCC2)nc1. The highest BCUT2D eigenvalue weighted by atomic mass is 16.2. The lowest BCUT2D eigenvalue weighted by atomic mass is 10.2. The molecule has 1 fully saturated rings. The van der Waals surface area contributed by atoms with E-state index in [1.165, 1.54) is 6.20 Å². The molecule has 1 aliphatic heterocycles. The van der Waals surface area contributed by atoms with Crippen LogP contribution in [-0.2, 0) is 4.79 Å². The minimum Gasteiger partial charge on any atom is -0.345 e. The molecule has 6 heteroatoms. The molecule has 0 aromatic carbocycles. The lowest BCUT2D eigenvalue weighted by Crippen LogP contribution is -2.46. The van der Waals surface area contributed by atoms with Crippen molar-refractivity contribution in [2.24, 2.45) is 0 Å². The highest BCUT2D eigenvalue weighted by Gasteiger charge is 2.19. The van der Waals surface area contributed by atoms with E-state index in [4.69, 9.17) is 5.26 Å². The Kier molecular flexibility index (Phi) is 4.69. The van der Waals surface area contributed by atoms with Crippen LogP contribution < -0.4 is 10.6 Å². The van der Waals surface area contributed by atoms with E-state index in [-0.39, 0.29) is 11.5 Å². The van der Waals surface area contributed by atoms with E-state index >= 15 is 0 Å². The maximum absolute atomic E-state index is 12.2. The molecule has 1 aromatic rings. The van der Waals surface area contributed by atoms with E-state index in [2.05, 4.69) is 15.6 Å². The number of amides is 1. The van der Waals surface area contributed by atoms with Gasteiger partial charge in [0.2, 0.25) is 0 Å². The number of hydrogen-bond donors (Lipinski definition) is 2. The molecule has 0 spiro atoms. The molecule has 0 saturated carbocycles. The van der Waals surface area contributed by atoms with Crippen LogP contribution in [0.3, 0.4) is 0 Å². The Morgan fingerprint density at radius 2 is 2.25 bits per heavy atom. The molecule has 0 aliphatic carbocycles. The van der Waals surface area contributed by atoms with Crippen LogP contribution in [0.25, 0.3) is 0 Å². The first kappa shape index (κ1) is 14.0. The summed E-state index contributed by atoms with van der Waals surface area (Å²) in [5.41, 5.74) is 1.14. The zero-order chi connectivity index (χ0) is 14.4. The van der Waals surface area contributed by atoms with E-state index in [0.29, 0.717) is 18.9 Å². The Hall–Kier alpha value is -2.39. The van der Waals surface area contributed by atoms with Gasteiger partial charge < -0.3 is 15.5 Å². The second kappa shape index (κ2) is 6.68. The second-order valence-electron chi connectivity index (χ2n) is 4.58. The predicted molar refractivity (Wildman–Crippen MR) is 75.7 cm³/mol. The lowest BCUT2D eigenvalue weighted by Gasteiger charge is -2.27. The van der Waals surface area contributed by atoms with Gasteiger partial charge >= 0.3 is 0 Å². The number of nitriles is 1. The minimum atomic E-state index is -0.242. The highest BCUT2D eigenvalue weighted by Crippen LogP contribution is 2.07. The average Bonchev–Trinajstić information content (AvgIpc) is 2.50. The van der Waals surface area contributed by atoms with Gasteiger partial charge in [-0.15, -0.1) is 0 Å². The van der Waals surface area contributed by atoms with Gasteiger partial charge in [-0.1, -0.05) is 6.07 Å². The summed E-state index contributed by atoms with van der Waals surface area (Å²) < 4.78 is 0. The molecular weight excluding hydrogens is 254 g/mol. The molecule has 6 nitrogen and oxygen atoms in total. The zero-order valence-electron chi connectivity index (χ0n) is 11.4. The fourth-order valence-corrected chi connectivity index (χ4v) is 1.88. The van der Waals surface area contributed by atoms with Gasteiger partial charge in [-0.05, 0) is 18.6 Å². The third kappa shape index (κ3) is 3.56.